The van der Waals surface area contributed by atoms with E-state index in [1.54, 1.807) is 11.5 Å². The van der Waals surface area contributed by atoms with Gasteiger partial charge in [-0.3, -0.25) is 9.36 Å². The number of sulfone groups is 1. The largest absolute Gasteiger partial charge is 0.358 e. The maximum Gasteiger partial charge on any atom is 0.295 e. The molecule has 0 aromatic carbocycles. The Morgan fingerprint density at radius 3 is 2.53 bits per heavy atom. The highest BCUT2D eigenvalue weighted by Crippen LogP contribution is 2.39. The van der Waals surface area contributed by atoms with Gasteiger partial charge in [-0.15, -0.1) is 0 Å². The predicted octanol–water partition coefficient (Wildman–Crippen LogP) is 2.01. The van der Waals surface area contributed by atoms with Crippen molar-refractivity contribution in [3.63, 3.8) is 0 Å². The van der Waals surface area contributed by atoms with Crippen LogP contribution in [0.15, 0.2) is 28.3 Å². The zero-order valence-electron chi connectivity index (χ0n) is 16.4. The lowest BCUT2D eigenvalue weighted by molar-refractivity contribution is 0.482. The van der Waals surface area contributed by atoms with Crippen molar-refractivity contribution in [1.82, 2.24) is 29.5 Å². The molecule has 1 fully saturated rings. The second kappa shape index (κ2) is 7.88. The summed E-state index contributed by atoms with van der Waals surface area (Å²) in [6.07, 6.45) is 6.12. The van der Waals surface area contributed by atoms with Crippen molar-refractivity contribution < 1.29 is 8.42 Å². The van der Waals surface area contributed by atoms with Gasteiger partial charge in [-0.2, -0.15) is 4.98 Å². The lowest BCUT2D eigenvalue weighted by Gasteiger charge is -2.18. The highest BCUT2D eigenvalue weighted by Gasteiger charge is 2.31. The van der Waals surface area contributed by atoms with Crippen LogP contribution in [0, 0.1) is 5.92 Å². The molecule has 1 atom stereocenters. The molecule has 0 bridgehead atoms. The first-order valence-electron chi connectivity index (χ1n) is 9.52. The van der Waals surface area contributed by atoms with Crippen LogP contribution in [0.1, 0.15) is 38.6 Å². The second-order valence-electron chi connectivity index (χ2n) is 7.15. The fourth-order valence-electron chi connectivity index (χ4n) is 3.19. The van der Waals surface area contributed by atoms with Gasteiger partial charge in [-0.25, -0.2) is 28.4 Å². The molecule has 1 N–H and O–H groups in total. The molecule has 1 aliphatic rings. The molecule has 0 unspecified atom stereocenters. The number of hydrogen-bond donors (Lipinski definition) is 1. The summed E-state index contributed by atoms with van der Waals surface area (Å²) in [6.45, 7) is 3.64. The van der Waals surface area contributed by atoms with Crippen LogP contribution in [0.4, 0.5) is 5.82 Å². The van der Waals surface area contributed by atoms with E-state index < -0.39 is 9.84 Å². The van der Waals surface area contributed by atoms with Gasteiger partial charge in [-0.05, 0) is 37.3 Å². The van der Waals surface area contributed by atoms with Crippen LogP contribution in [0.5, 0.6) is 0 Å². The molecule has 0 aliphatic heterocycles. The molecule has 3 heterocycles. The summed E-state index contributed by atoms with van der Waals surface area (Å²) < 4.78 is 25.4. The van der Waals surface area contributed by atoms with Crippen LogP contribution in [0.25, 0.3) is 11.2 Å². The van der Waals surface area contributed by atoms with Gasteiger partial charge in [0.1, 0.15) is 16.2 Å². The normalized spacial score (nSPS) is 15.3. The van der Waals surface area contributed by atoms with Crippen molar-refractivity contribution in [2.24, 2.45) is 5.92 Å². The van der Waals surface area contributed by atoms with Gasteiger partial charge in [0.25, 0.3) is 5.56 Å². The number of anilines is 1. The Labute approximate surface area is 177 Å². The SMILES string of the molecule is CCS(=O)(=O)c1cnc(CNc2nc3cnc(Cl)nc3n([C@H](C)C3CC3)c2=O)nc1. The first-order valence-corrected chi connectivity index (χ1v) is 11.6. The number of fused-ring (bicyclic) bond motifs is 1. The number of aromatic nitrogens is 6. The van der Waals surface area contributed by atoms with Crippen molar-refractivity contribution >= 4 is 38.4 Å². The molecule has 1 aliphatic carbocycles. The van der Waals surface area contributed by atoms with Gasteiger partial charge in [0.2, 0.25) is 5.28 Å². The van der Waals surface area contributed by atoms with E-state index in [1.807, 2.05) is 6.92 Å². The molecule has 1 saturated carbocycles. The lowest BCUT2D eigenvalue weighted by Crippen LogP contribution is -2.29. The van der Waals surface area contributed by atoms with E-state index in [0.717, 1.165) is 12.8 Å². The van der Waals surface area contributed by atoms with E-state index in [1.165, 1.54) is 18.6 Å². The summed E-state index contributed by atoms with van der Waals surface area (Å²) >= 11 is 5.94. The minimum absolute atomic E-state index is 0.0280. The molecule has 0 saturated heterocycles. The van der Waals surface area contributed by atoms with Gasteiger partial charge in [0.05, 0.1) is 18.5 Å². The Morgan fingerprint density at radius 1 is 1.20 bits per heavy atom. The van der Waals surface area contributed by atoms with Crippen LogP contribution in [0.3, 0.4) is 0 Å². The molecule has 30 heavy (non-hydrogen) atoms. The number of rotatable bonds is 7. The molecule has 0 radical (unpaired) electrons. The van der Waals surface area contributed by atoms with Gasteiger partial charge in [0, 0.05) is 18.4 Å². The highest BCUT2D eigenvalue weighted by atomic mass is 35.5. The highest BCUT2D eigenvalue weighted by molar-refractivity contribution is 7.91. The minimum atomic E-state index is -3.37. The first-order chi connectivity index (χ1) is 14.3. The summed E-state index contributed by atoms with van der Waals surface area (Å²) in [5, 5.41) is 3.01. The maximum atomic E-state index is 13.1. The van der Waals surface area contributed by atoms with Crippen molar-refractivity contribution in [3.8, 4) is 0 Å². The zero-order valence-corrected chi connectivity index (χ0v) is 18.0. The predicted molar refractivity (Wildman–Crippen MR) is 111 cm³/mol. The monoisotopic (exact) mass is 449 g/mol. The quantitative estimate of drug-likeness (QED) is 0.537. The number of hydrogen-bond acceptors (Lipinski definition) is 9. The van der Waals surface area contributed by atoms with E-state index >= 15 is 0 Å². The standard InChI is InChI=1S/C18H20ClN7O3S/c1-3-30(28,29)12-6-20-14(21-7-12)9-22-15-17(27)26(10(2)11-4-5-11)16-13(24-15)8-23-18(19)25-16/h6-8,10-11H,3-5,9H2,1-2H3,(H,22,24)/t10-/m1/s1. The fourth-order valence-corrected chi connectivity index (χ4v) is 4.08. The van der Waals surface area contributed by atoms with E-state index in [9.17, 15) is 13.2 Å². The van der Waals surface area contributed by atoms with Gasteiger partial charge >= 0.3 is 0 Å². The maximum absolute atomic E-state index is 13.1. The molecule has 3 aromatic heterocycles. The van der Waals surface area contributed by atoms with Crippen LogP contribution in [-0.4, -0.2) is 43.7 Å². The summed E-state index contributed by atoms with van der Waals surface area (Å²) in [5.41, 5.74) is 0.525. The topological polar surface area (TPSA) is 133 Å². The summed E-state index contributed by atoms with van der Waals surface area (Å²) in [7, 11) is -3.37. The van der Waals surface area contributed by atoms with Gasteiger partial charge in [0.15, 0.2) is 21.3 Å². The average Bonchev–Trinajstić information content (AvgIpc) is 3.58. The van der Waals surface area contributed by atoms with E-state index in [4.69, 9.17) is 11.6 Å². The third-order valence-electron chi connectivity index (χ3n) is 5.15. The van der Waals surface area contributed by atoms with Crippen LogP contribution in [0.2, 0.25) is 5.28 Å². The fraction of sp³-hybridized carbons (Fsp3) is 0.444. The average molecular weight is 450 g/mol. The van der Waals surface area contributed by atoms with Crippen molar-refractivity contribution in [1.29, 1.82) is 0 Å². The molecule has 4 rings (SSSR count). The van der Waals surface area contributed by atoms with Crippen LogP contribution >= 0.6 is 11.6 Å². The summed E-state index contributed by atoms with van der Waals surface area (Å²) in [5.74, 6) is 0.835. The van der Waals surface area contributed by atoms with E-state index in [2.05, 4.69) is 30.2 Å². The Morgan fingerprint density at radius 2 is 1.90 bits per heavy atom. The Kier molecular flexibility index (Phi) is 5.41. The molecule has 0 spiro atoms. The van der Waals surface area contributed by atoms with Crippen molar-refractivity contribution in [3.05, 3.63) is 40.1 Å². The molecule has 12 heteroatoms. The van der Waals surface area contributed by atoms with Crippen molar-refractivity contribution in [2.75, 3.05) is 11.1 Å². The van der Waals surface area contributed by atoms with Gasteiger partial charge < -0.3 is 5.32 Å². The van der Waals surface area contributed by atoms with Crippen LogP contribution < -0.4 is 10.9 Å². The van der Waals surface area contributed by atoms with Gasteiger partial charge in [-0.1, -0.05) is 6.92 Å². The van der Waals surface area contributed by atoms with E-state index in [-0.39, 0.29) is 39.9 Å². The number of nitrogens with zero attached hydrogens (tertiary/aromatic N) is 6. The summed E-state index contributed by atoms with van der Waals surface area (Å²) in [4.78, 5) is 33.9. The number of halogens is 1. The minimum Gasteiger partial charge on any atom is -0.358 e. The van der Waals surface area contributed by atoms with Crippen LogP contribution in [-0.2, 0) is 16.4 Å². The molecule has 10 nitrogen and oxygen atoms in total. The lowest BCUT2D eigenvalue weighted by atomic mass is 10.2. The molecular weight excluding hydrogens is 430 g/mol. The molecule has 3 aromatic rings. The third kappa shape index (κ3) is 3.99. The Bertz CT molecular complexity index is 1260. The molecule has 0 amide bonds. The Hall–Kier alpha value is -2.66. The summed E-state index contributed by atoms with van der Waals surface area (Å²) in [6, 6.07) is -0.0516. The smallest absolute Gasteiger partial charge is 0.295 e. The van der Waals surface area contributed by atoms with E-state index in [0.29, 0.717) is 22.9 Å². The second-order valence-corrected chi connectivity index (χ2v) is 9.77. The Balaban J connectivity index is 1.65. The number of nitrogens with one attached hydrogen (secondary N) is 1. The molecular formula is C18H20ClN7O3S. The van der Waals surface area contributed by atoms with Crippen molar-refractivity contribution in [2.45, 2.75) is 44.2 Å². The first kappa shape index (κ1) is 20.6. The zero-order chi connectivity index (χ0) is 21.5. The molecule has 158 valence electrons. The third-order valence-corrected chi connectivity index (χ3v) is 7.02.